The van der Waals surface area contributed by atoms with Crippen molar-refractivity contribution < 1.29 is 24.9 Å². The molecule has 0 radical (unpaired) electrons. The van der Waals surface area contributed by atoms with E-state index in [1.807, 2.05) is 6.07 Å². The quantitative estimate of drug-likeness (QED) is 0.770. The summed E-state index contributed by atoms with van der Waals surface area (Å²) in [5.41, 5.74) is -0.511. The van der Waals surface area contributed by atoms with Crippen LogP contribution in [0, 0.1) is 0 Å². The molecule has 2 heterocycles. The first-order chi connectivity index (χ1) is 11.3. The zero-order valence-corrected chi connectivity index (χ0v) is 13.9. The average Bonchev–Trinajstić information content (AvgIpc) is 2.55. The standard InChI is InChI=1S/C18H25NO5/c1-17(23)7-10-24-18(16(17)22)5-8-19(9-6-18)12-13-3-2-4-14(11-13)15(20)21/h2-4,11,16,22-23H,5-10,12H2,1H3,(H,20,21)/t16-,17+/m0/s1. The molecule has 0 bridgehead atoms. The largest absolute Gasteiger partial charge is 0.478 e. The minimum atomic E-state index is -1.10. The molecular formula is C18H25NO5. The smallest absolute Gasteiger partial charge is 0.335 e. The van der Waals surface area contributed by atoms with Crippen molar-refractivity contribution in [3.8, 4) is 0 Å². The fourth-order valence-electron chi connectivity index (χ4n) is 3.81. The fraction of sp³-hybridized carbons (Fsp3) is 0.611. The molecule has 1 aromatic carbocycles. The summed E-state index contributed by atoms with van der Waals surface area (Å²) in [7, 11) is 0. The number of rotatable bonds is 3. The highest BCUT2D eigenvalue weighted by molar-refractivity contribution is 5.87. The molecule has 24 heavy (non-hydrogen) atoms. The van der Waals surface area contributed by atoms with Crippen LogP contribution in [0.25, 0.3) is 0 Å². The molecule has 2 fully saturated rings. The Morgan fingerprint density at radius 2 is 2.04 bits per heavy atom. The van der Waals surface area contributed by atoms with Crippen LogP contribution >= 0.6 is 0 Å². The summed E-state index contributed by atoms with van der Waals surface area (Å²) in [5, 5.41) is 29.9. The minimum absolute atomic E-state index is 0.295. The lowest BCUT2D eigenvalue weighted by Gasteiger charge is -2.51. The molecule has 6 nitrogen and oxygen atoms in total. The van der Waals surface area contributed by atoms with E-state index in [9.17, 15) is 15.0 Å². The Balaban J connectivity index is 1.63. The second kappa shape index (κ2) is 6.44. The summed E-state index contributed by atoms with van der Waals surface area (Å²) in [6.45, 7) is 4.29. The van der Waals surface area contributed by atoms with Gasteiger partial charge in [0, 0.05) is 26.1 Å². The molecule has 1 spiro atoms. The lowest BCUT2D eigenvalue weighted by atomic mass is 9.75. The number of aliphatic hydroxyl groups is 2. The SMILES string of the molecule is C[C@@]1(O)CCOC2(CCN(Cc3cccc(C(=O)O)c3)CC2)[C@H]1O. The van der Waals surface area contributed by atoms with Crippen molar-refractivity contribution in [2.45, 2.75) is 50.0 Å². The number of nitrogens with zero attached hydrogens (tertiary/aromatic N) is 1. The summed E-state index contributed by atoms with van der Waals surface area (Å²) in [5.74, 6) is -0.921. The summed E-state index contributed by atoms with van der Waals surface area (Å²) in [4.78, 5) is 13.3. The maximum absolute atomic E-state index is 11.1. The third-order valence-electron chi connectivity index (χ3n) is 5.37. The Morgan fingerprint density at radius 1 is 1.33 bits per heavy atom. The van der Waals surface area contributed by atoms with Gasteiger partial charge >= 0.3 is 5.97 Å². The number of carboxylic acids is 1. The summed E-state index contributed by atoms with van der Waals surface area (Å²) in [6, 6.07) is 6.97. The van der Waals surface area contributed by atoms with Crippen LogP contribution in [0.3, 0.4) is 0 Å². The van der Waals surface area contributed by atoms with Crippen molar-refractivity contribution in [3.05, 3.63) is 35.4 Å². The van der Waals surface area contributed by atoms with E-state index in [0.29, 0.717) is 38.0 Å². The van der Waals surface area contributed by atoms with E-state index >= 15 is 0 Å². The zero-order valence-electron chi connectivity index (χ0n) is 13.9. The van der Waals surface area contributed by atoms with Gasteiger partial charge in [0.15, 0.2) is 0 Å². The van der Waals surface area contributed by atoms with E-state index in [2.05, 4.69) is 4.90 Å². The van der Waals surface area contributed by atoms with Crippen LogP contribution in [0.5, 0.6) is 0 Å². The van der Waals surface area contributed by atoms with E-state index in [1.165, 1.54) is 0 Å². The van der Waals surface area contributed by atoms with Gasteiger partial charge in [-0.1, -0.05) is 12.1 Å². The highest BCUT2D eigenvalue weighted by Gasteiger charge is 2.52. The Bertz CT molecular complexity index is 607. The molecule has 3 rings (SSSR count). The molecule has 3 N–H and O–H groups in total. The van der Waals surface area contributed by atoms with Gasteiger partial charge in [-0.2, -0.15) is 0 Å². The summed E-state index contributed by atoms with van der Waals surface area (Å²) in [6.07, 6.45) is 0.879. The van der Waals surface area contributed by atoms with Gasteiger partial charge in [-0.15, -0.1) is 0 Å². The summed E-state index contributed by atoms with van der Waals surface area (Å²) >= 11 is 0. The highest BCUT2D eigenvalue weighted by atomic mass is 16.5. The van der Waals surface area contributed by atoms with Crippen molar-refractivity contribution in [2.75, 3.05) is 19.7 Å². The predicted octanol–water partition coefficient (Wildman–Crippen LogP) is 1.25. The predicted molar refractivity (Wildman–Crippen MR) is 87.8 cm³/mol. The molecule has 0 aliphatic carbocycles. The lowest BCUT2D eigenvalue weighted by Crippen LogP contribution is -2.64. The van der Waals surface area contributed by atoms with Crippen molar-refractivity contribution in [1.29, 1.82) is 0 Å². The van der Waals surface area contributed by atoms with E-state index in [0.717, 1.165) is 18.7 Å². The molecular weight excluding hydrogens is 310 g/mol. The molecule has 1 aromatic rings. The van der Waals surface area contributed by atoms with Crippen LogP contribution in [0.15, 0.2) is 24.3 Å². The number of aromatic carboxylic acids is 1. The molecule has 0 saturated carbocycles. The number of piperidine rings is 1. The lowest BCUT2D eigenvalue weighted by molar-refractivity contribution is -0.246. The maximum Gasteiger partial charge on any atom is 0.335 e. The van der Waals surface area contributed by atoms with Gasteiger partial charge in [-0.25, -0.2) is 4.79 Å². The Kier molecular flexibility index (Phi) is 4.66. The second-order valence-corrected chi connectivity index (χ2v) is 7.20. The second-order valence-electron chi connectivity index (χ2n) is 7.20. The van der Waals surface area contributed by atoms with E-state index < -0.39 is 23.3 Å². The molecule has 0 amide bonds. The van der Waals surface area contributed by atoms with Crippen molar-refractivity contribution in [1.82, 2.24) is 4.90 Å². The Labute approximate surface area is 141 Å². The van der Waals surface area contributed by atoms with Crippen LogP contribution in [-0.4, -0.2) is 63.2 Å². The molecule has 0 aromatic heterocycles. The molecule has 6 heteroatoms. The zero-order chi connectivity index (χ0) is 17.4. The number of carbonyl (C=O) groups is 1. The van der Waals surface area contributed by atoms with Gasteiger partial charge in [0.05, 0.1) is 23.4 Å². The first-order valence-corrected chi connectivity index (χ1v) is 8.41. The van der Waals surface area contributed by atoms with Gasteiger partial charge in [0.2, 0.25) is 0 Å². The van der Waals surface area contributed by atoms with Crippen LogP contribution in [0.1, 0.15) is 42.1 Å². The number of aliphatic hydroxyl groups excluding tert-OH is 1. The average molecular weight is 335 g/mol. The number of ether oxygens (including phenoxy) is 1. The molecule has 2 aliphatic rings. The Morgan fingerprint density at radius 3 is 2.71 bits per heavy atom. The first kappa shape index (κ1) is 17.4. The van der Waals surface area contributed by atoms with Crippen molar-refractivity contribution >= 4 is 5.97 Å². The van der Waals surface area contributed by atoms with E-state index in [4.69, 9.17) is 9.84 Å². The van der Waals surface area contributed by atoms with Crippen LogP contribution in [-0.2, 0) is 11.3 Å². The third kappa shape index (κ3) is 3.32. The van der Waals surface area contributed by atoms with Crippen LogP contribution in [0.2, 0.25) is 0 Å². The molecule has 2 aliphatic heterocycles. The number of likely N-dealkylation sites (tertiary alicyclic amines) is 1. The first-order valence-electron chi connectivity index (χ1n) is 8.41. The van der Waals surface area contributed by atoms with E-state index in [-0.39, 0.29) is 0 Å². The topological polar surface area (TPSA) is 90.2 Å². The number of hydrogen-bond donors (Lipinski definition) is 3. The summed E-state index contributed by atoms with van der Waals surface area (Å²) < 4.78 is 5.89. The Hall–Kier alpha value is -1.47. The minimum Gasteiger partial charge on any atom is -0.478 e. The van der Waals surface area contributed by atoms with Gasteiger partial charge in [0.25, 0.3) is 0 Å². The van der Waals surface area contributed by atoms with Crippen LogP contribution < -0.4 is 0 Å². The van der Waals surface area contributed by atoms with Crippen LogP contribution in [0.4, 0.5) is 0 Å². The molecule has 0 unspecified atom stereocenters. The monoisotopic (exact) mass is 335 g/mol. The number of benzene rings is 1. The van der Waals surface area contributed by atoms with Crippen molar-refractivity contribution in [2.24, 2.45) is 0 Å². The molecule has 2 atom stereocenters. The van der Waals surface area contributed by atoms with Gasteiger partial charge in [-0.3, -0.25) is 4.90 Å². The van der Waals surface area contributed by atoms with Gasteiger partial charge in [0.1, 0.15) is 6.10 Å². The van der Waals surface area contributed by atoms with Gasteiger partial charge in [-0.05, 0) is 37.5 Å². The highest BCUT2D eigenvalue weighted by Crippen LogP contribution is 2.39. The maximum atomic E-state index is 11.1. The number of hydrogen-bond acceptors (Lipinski definition) is 5. The molecule has 2 saturated heterocycles. The van der Waals surface area contributed by atoms with Crippen molar-refractivity contribution in [3.63, 3.8) is 0 Å². The van der Waals surface area contributed by atoms with E-state index in [1.54, 1.807) is 25.1 Å². The number of carboxylic acid groups (broad SMARTS) is 1. The fourth-order valence-corrected chi connectivity index (χ4v) is 3.81. The molecule has 132 valence electrons. The van der Waals surface area contributed by atoms with Gasteiger partial charge < -0.3 is 20.1 Å². The third-order valence-corrected chi connectivity index (χ3v) is 5.37. The normalized spacial score (nSPS) is 30.4.